The molecule has 2 unspecified atom stereocenters. The normalized spacial score (nSPS) is 23.1. The Morgan fingerprint density at radius 3 is 2.85 bits per heavy atom. The fourth-order valence-electron chi connectivity index (χ4n) is 2.62. The monoisotopic (exact) mass is 298 g/mol. The predicted octanol–water partition coefficient (Wildman–Crippen LogP) is 2.10. The van der Waals surface area contributed by atoms with Crippen molar-refractivity contribution in [2.75, 3.05) is 17.2 Å². The highest BCUT2D eigenvalue weighted by atomic mass is 32.2. The zero-order valence-corrected chi connectivity index (χ0v) is 13.1. The van der Waals surface area contributed by atoms with Crippen LogP contribution in [0.1, 0.15) is 33.6 Å². The molecule has 7 heteroatoms. The minimum absolute atomic E-state index is 0.0179. The zero-order chi connectivity index (χ0) is 14.7. The number of thioether (sulfide) groups is 1. The minimum Gasteiger partial charge on any atom is -0.481 e. The molecule has 20 heavy (non-hydrogen) atoms. The van der Waals surface area contributed by atoms with E-state index in [9.17, 15) is 4.79 Å². The van der Waals surface area contributed by atoms with E-state index in [4.69, 9.17) is 5.11 Å². The number of rotatable bonds is 5. The molecule has 1 N–H and O–H groups in total. The molecule has 1 aliphatic heterocycles. The lowest BCUT2D eigenvalue weighted by molar-refractivity contribution is -0.133. The second-order valence-electron chi connectivity index (χ2n) is 5.26. The Hall–Kier alpha value is -1.24. The first-order valence-electron chi connectivity index (χ1n) is 7.09. The lowest BCUT2D eigenvalue weighted by Gasteiger charge is -2.38. The van der Waals surface area contributed by atoms with Crippen molar-refractivity contribution in [1.82, 2.24) is 14.8 Å². The molecule has 0 amide bonds. The summed E-state index contributed by atoms with van der Waals surface area (Å²) in [5, 5.41) is 17.9. The Labute approximate surface area is 123 Å². The van der Waals surface area contributed by atoms with E-state index in [-0.39, 0.29) is 5.75 Å². The van der Waals surface area contributed by atoms with E-state index < -0.39 is 5.97 Å². The van der Waals surface area contributed by atoms with Crippen molar-refractivity contribution in [1.29, 1.82) is 0 Å². The Bertz CT molecular complexity index is 477. The number of aliphatic carboxylic acids is 1. The summed E-state index contributed by atoms with van der Waals surface area (Å²) in [7, 11) is 0. The van der Waals surface area contributed by atoms with E-state index in [0.29, 0.717) is 17.1 Å². The second-order valence-corrected chi connectivity index (χ2v) is 6.21. The first-order chi connectivity index (χ1) is 9.54. The molecule has 0 aromatic carbocycles. The molecule has 1 aromatic rings. The molecule has 1 fully saturated rings. The molecule has 0 bridgehead atoms. The number of anilines is 1. The molecule has 0 radical (unpaired) electrons. The van der Waals surface area contributed by atoms with Crippen LogP contribution >= 0.6 is 11.8 Å². The van der Waals surface area contributed by atoms with E-state index in [1.807, 2.05) is 11.5 Å². The summed E-state index contributed by atoms with van der Waals surface area (Å²) in [6.45, 7) is 8.27. The molecule has 2 heterocycles. The van der Waals surface area contributed by atoms with Crippen molar-refractivity contribution in [2.24, 2.45) is 5.92 Å². The fraction of sp³-hybridized carbons (Fsp3) is 0.769. The third kappa shape index (κ3) is 3.08. The van der Waals surface area contributed by atoms with Crippen LogP contribution in [0.25, 0.3) is 0 Å². The van der Waals surface area contributed by atoms with E-state index >= 15 is 0 Å². The maximum absolute atomic E-state index is 10.7. The molecular formula is C13H22N4O2S. The lowest BCUT2D eigenvalue weighted by Crippen LogP contribution is -2.43. The Balaban J connectivity index is 2.21. The second kappa shape index (κ2) is 6.47. The van der Waals surface area contributed by atoms with E-state index in [1.54, 1.807) is 0 Å². The van der Waals surface area contributed by atoms with Crippen molar-refractivity contribution < 1.29 is 9.90 Å². The highest BCUT2D eigenvalue weighted by Crippen LogP contribution is 2.29. The molecule has 1 aliphatic rings. The number of piperidine rings is 1. The van der Waals surface area contributed by atoms with Crippen LogP contribution in [0.2, 0.25) is 0 Å². The number of hydrogen-bond donors (Lipinski definition) is 1. The van der Waals surface area contributed by atoms with Gasteiger partial charge in [-0.15, -0.1) is 10.2 Å². The number of carbonyl (C=O) groups is 1. The van der Waals surface area contributed by atoms with E-state index in [0.717, 1.165) is 19.0 Å². The van der Waals surface area contributed by atoms with Gasteiger partial charge in [-0.25, -0.2) is 0 Å². The number of carboxylic acids is 1. The molecule has 1 aromatic heterocycles. The van der Waals surface area contributed by atoms with Gasteiger partial charge in [0.15, 0.2) is 5.16 Å². The summed E-state index contributed by atoms with van der Waals surface area (Å²) in [6.07, 6.45) is 2.41. The third-order valence-corrected chi connectivity index (χ3v) is 4.92. The Morgan fingerprint density at radius 1 is 1.45 bits per heavy atom. The summed E-state index contributed by atoms with van der Waals surface area (Å²) in [5.41, 5.74) is 0. The lowest BCUT2D eigenvalue weighted by atomic mass is 9.92. The summed E-state index contributed by atoms with van der Waals surface area (Å²) in [5.74, 6) is 0.701. The van der Waals surface area contributed by atoms with Crippen LogP contribution in [0.15, 0.2) is 5.16 Å². The van der Waals surface area contributed by atoms with Gasteiger partial charge in [-0.1, -0.05) is 18.7 Å². The molecule has 2 atom stereocenters. The molecule has 0 aliphatic carbocycles. The number of nitrogens with zero attached hydrogens (tertiary/aromatic N) is 4. The summed E-state index contributed by atoms with van der Waals surface area (Å²) < 4.78 is 2.02. The van der Waals surface area contributed by atoms with Gasteiger partial charge in [0.25, 0.3) is 0 Å². The minimum atomic E-state index is -0.831. The van der Waals surface area contributed by atoms with Crippen molar-refractivity contribution in [3.05, 3.63) is 0 Å². The molecule has 0 spiro atoms. The molecule has 6 nitrogen and oxygen atoms in total. The van der Waals surface area contributed by atoms with Gasteiger partial charge in [-0.3, -0.25) is 9.36 Å². The van der Waals surface area contributed by atoms with Gasteiger partial charge in [0.05, 0.1) is 5.75 Å². The molecule has 1 saturated heterocycles. The van der Waals surface area contributed by atoms with Crippen LogP contribution in [0.5, 0.6) is 0 Å². The molecule has 2 rings (SSSR count). The average Bonchev–Trinajstić information content (AvgIpc) is 2.82. The van der Waals surface area contributed by atoms with E-state index in [2.05, 4.69) is 28.9 Å². The highest BCUT2D eigenvalue weighted by molar-refractivity contribution is 7.99. The smallest absolute Gasteiger partial charge is 0.313 e. The van der Waals surface area contributed by atoms with Gasteiger partial charge in [0.1, 0.15) is 0 Å². The van der Waals surface area contributed by atoms with Crippen LogP contribution in [0, 0.1) is 5.92 Å². The van der Waals surface area contributed by atoms with Crippen molar-refractivity contribution in [3.8, 4) is 0 Å². The van der Waals surface area contributed by atoms with Gasteiger partial charge in [0, 0.05) is 19.1 Å². The molecular weight excluding hydrogens is 276 g/mol. The maximum atomic E-state index is 10.7. The van der Waals surface area contributed by atoms with Crippen molar-refractivity contribution in [3.63, 3.8) is 0 Å². The predicted molar refractivity (Wildman–Crippen MR) is 79.3 cm³/mol. The molecule has 112 valence electrons. The van der Waals surface area contributed by atoms with Gasteiger partial charge < -0.3 is 10.0 Å². The standard InChI is InChI=1S/C13H22N4O2S/c1-4-16-12(14-15-13(16)20-8-11(18)19)17-7-5-6-9(2)10(17)3/h9-10H,4-8H2,1-3H3,(H,18,19). The first-order valence-corrected chi connectivity index (χ1v) is 8.07. The number of hydrogen-bond acceptors (Lipinski definition) is 5. The van der Waals surface area contributed by atoms with Gasteiger partial charge in [-0.2, -0.15) is 0 Å². The Kier molecular flexibility index (Phi) is 4.91. The topological polar surface area (TPSA) is 71.2 Å². The Morgan fingerprint density at radius 2 is 2.20 bits per heavy atom. The highest BCUT2D eigenvalue weighted by Gasteiger charge is 2.28. The number of aromatic nitrogens is 3. The zero-order valence-electron chi connectivity index (χ0n) is 12.2. The quantitative estimate of drug-likeness (QED) is 0.839. The number of carboxylic acid groups (broad SMARTS) is 1. The van der Waals surface area contributed by atoms with E-state index in [1.165, 1.54) is 24.6 Å². The van der Waals surface area contributed by atoms with Gasteiger partial charge >= 0.3 is 5.97 Å². The summed E-state index contributed by atoms with van der Waals surface area (Å²) in [6, 6.07) is 0.440. The van der Waals surface area contributed by atoms with Gasteiger partial charge in [-0.05, 0) is 32.6 Å². The fourth-order valence-corrected chi connectivity index (χ4v) is 3.34. The summed E-state index contributed by atoms with van der Waals surface area (Å²) >= 11 is 1.23. The van der Waals surface area contributed by atoms with Crippen molar-refractivity contribution in [2.45, 2.75) is 51.4 Å². The maximum Gasteiger partial charge on any atom is 0.313 e. The largest absolute Gasteiger partial charge is 0.481 e. The van der Waals surface area contributed by atoms with Crippen LogP contribution < -0.4 is 4.90 Å². The SMILES string of the molecule is CCn1c(SCC(=O)O)nnc1N1CCCC(C)C1C. The summed E-state index contributed by atoms with van der Waals surface area (Å²) in [4.78, 5) is 13.0. The van der Waals surface area contributed by atoms with Crippen molar-refractivity contribution >= 4 is 23.7 Å². The molecule has 0 saturated carbocycles. The first kappa shape index (κ1) is 15.2. The van der Waals surface area contributed by atoms with Crippen LogP contribution in [0.3, 0.4) is 0 Å². The van der Waals surface area contributed by atoms with Crippen LogP contribution in [0.4, 0.5) is 5.95 Å². The third-order valence-electron chi connectivity index (χ3n) is 3.97. The van der Waals surface area contributed by atoms with Crippen LogP contribution in [-0.4, -0.2) is 44.2 Å². The van der Waals surface area contributed by atoms with Gasteiger partial charge in [0.2, 0.25) is 5.95 Å². The average molecular weight is 298 g/mol. The van der Waals surface area contributed by atoms with Crippen LogP contribution in [-0.2, 0) is 11.3 Å².